The zero-order chi connectivity index (χ0) is 21.7. The van der Waals surface area contributed by atoms with E-state index in [-0.39, 0.29) is 22.8 Å². The Morgan fingerprint density at radius 2 is 1.77 bits per heavy atom. The van der Waals surface area contributed by atoms with E-state index in [9.17, 15) is 13.2 Å². The third-order valence-electron chi connectivity index (χ3n) is 4.44. The smallest absolute Gasteiger partial charge is 0.255 e. The molecule has 0 saturated heterocycles. The molecule has 0 bridgehead atoms. The number of nitrogens with one attached hydrogen (secondary N) is 1. The first-order valence-corrected chi connectivity index (χ1v) is 10.9. The first kappa shape index (κ1) is 21.8. The zero-order valence-electron chi connectivity index (χ0n) is 16.5. The Kier molecular flexibility index (Phi) is 6.77. The Hall–Kier alpha value is -2.87. The predicted molar refractivity (Wildman–Crippen MR) is 117 cm³/mol. The molecule has 3 aromatic carbocycles. The summed E-state index contributed by atoms with van der Waals surface area (Å²) in [5.74, 6) is -0.295. The molecule has 0 heterocycles. The van der Waals surface area contributed by atoms with Crippen LogP contribution < -0.4 is 10.1 Å². The van der Waals surface area contributed by atoms with E-state index >= 15 is 0 Å². The maximum atomic E-state index is 13.2. The Morgan fingerprint density at radius 3 is 2.43 bits per heavy atom. The number of carbonyl (C=O) groups is 1. The highest BCUT2D eigenvalue weighted by atomic mass is 35.5. The van der Waals surface area contributed by atoms with Gasteiger partial charge in [0.25, 0.3) is 5.91 Å². The van der Waals surface area contributed by atoms with E-state index in [1.165, 1.54) is 36.7 Å². The van der Waals surface area contributed by atoms with Crippen molar-refractivity contribution in [2.24, 2.45) is 0 Å². The molecule has 6 nitrogen and oxygen atoms in total. The number of carbonyl (C=O) groups excluding carboxylic acids is 1. The summed E-state index contributed by atoms with van der Waals surface area (Å²) in [4.78, 5) is 12.6. The van der Waals surface area contributed by atoms with Gasteiger partial charge < -0.3 is 10.1 Å². The largest absolute Gasteiger partial charge is 0.495 e. The minimum Gasteiger partial charge on any atom is -0.495 e. The molecule has 156 valence electrons. The van der Waals surface area contributed by atoms with Crippen LogP contribution in [0.3, 0.4) is 0 Å². The number of ether oxygens (including phenoxy) is 1. The number of halogens is 1. The van der Waals surface area contributed by atoms with Gasteiger partial charge in [0.05, 0.1) is 7.11 Å². The van der Waals surface area contributed by atoms with Gasteiger partial charge in [-0.3, -0.25) is 4.79 Å². The van der Waals surface area contributed by atoms with E-state index in [4.69, 9.17) is 16.3 Å². The number of hydrogen-bond acceptors (Lipinski definition) is 4. The van der Waals surface area contributed by atoms with Gasteiger partial charge in [-0.1, -0.05) is 48.0 Å². The van der Waals surface area contributed by atoms with Crippen LogP contribution in [0.2, 0.25) is 5.02 Å². The van der Waals surface area contributed by atoms with Crippen LogP contribution in [-0.4, -0.2) is 32.8 Å². The monoisotopic (exact) mass is 444 g/mol. The molecule has 3 rings (SSSR count). The molecule has 8 heteroatoms. The van der Waals surface area contributed by atoms with Gasteiger partial charge in [-0.25, -0.2) is 8.42 Å². The molecule has 0 aliphatic carbocycles. The lowest BCUT2D eigenvalue weighted by atomic mass is 10.2. The summed E-state index contributed by atoms with van der Waals surface area (Å²) in [5.41, 5.74) is 1.54. The molecule has 0 saturated carbocycles. The second-order valence-electron chi connectivity index (χ2n) is 6.58. The van der Waals surface area contributed by atoms with E-state index in [0.29, 0.717) is 10.7 Å². The summed E-state index contributed by atoms with van der Waals surface area (Å²) in [6, 6.07) is 20.2. The maximum absolute atomic E-state index is 13.2. The van der Waals surface area contributed by atoms with Gasteiger partial charge in [0.1, 0.15) is 10.6 Å². The number of rotatable bonds is 7. The van der Waals surface area contributed by atoms with Gasteiger partial charge in [-0.15, -0.1) is 0 Å². The Bertz CT molecular complexity index is 1150. The molecule has 0 aliphatic heterocycles. The first-order chi connectivity index (χ1) is 14.3. The number of hydrogen-bond donors (Lipinski definition) is 1. The Balaban J connectivity index is 1.90. The lowest BCUT2D eigenvalue weighted by Gasteiger charge is -2.19. The average molecular weight is 445 g/mol. The van der Waals surface area contributed by atoms with Crippen LogP contribution in [0.1, 0.15) is 15.9 Å². The highest BCUT2D eigenvalue weighted by Crippen LogP contribution is 2.28. The molecule has 0 aliphatic rings. The van der Waals surface area contributed by atoms with Crippen molar-refractivity contribution in [1.82, 2.24) is 4.31 Å². The third-order valence-corrected chi connectivity index (χ3v) is 6.50. The minimum absolute atomic E-state index is 0.0813. The second kappa shape index (κ2) is 9.30. The van der Waals surface area contributed by atoms with E-state index in [2.05, 4.69) is 5.32 Å². The number of methoxy groups -OCH3 is 1. The summed E-state index contributed by atoms with van der Waals surface area (Å²) in [6.07, 6.45) is 0. The Morgan fingerprint density at radius 1 is 1.03 bits per heavy atom. The normalized spacial score (nSPS) is 11.3. The van der Waals surface area contributed by atoms with Crippen molar-refractivity contribution in [2.45, 2.75) is 11.4 Å². The van der Waals surface area contributed by atoms with Crippen molar-refractivity contribution in [1.29, 1.82) is 0 Å². The summed E-state index contributed by atoms with van der Waals surface area (Å²) < 4.78 is 32.8. The van der Waals surface area contributed by atoms with E-state index in [0.717, 1.165) is 5.56 Å². The van der Waals surface area contributed by atoms with Crippen molar-refractivity contribution >= 4 is 33.2 Å². The summed E-state index contributed by atoms with van der Waals surface area (Å²) in [6.45, 7) is 0.186. The first-order valence-electron chi connectivity index (χ1n) is 9.06. The SMILES string of the molecule is COc1ccc(C(=O)Nc2cccc(Cl)c2)cc1S(=O)(=O)N(C)Cc1ccccc1. The van der Waals surface area contributed by atoms with Crippen LogP contribution in [0, 0.1) is 0 Å². The molecule has 0 radical (unpaired) electrons. The standard InChI is InChI=1S/C22H21ClN2O4S/c1-25(15-16-7-4-3-5-8-16)30(27,28)21-13-17(11-12-20(21)29-2)22(26)24-19-10-6-9-18(23)14-19/h3-14H,15H2,1-2H3,(H,24,26). The Labute approximate surface area is 181 Å². The lowest BCUT2D eigenvalue weighted by Crippen LogP contribution is -2.27. The molecule has 0 atom stereocenters. The fraction of sp³-hybridized carbons (Fsp3) is 0.136. The summed E-state index contributed by atoms with van der Waals surface area (Å²) >= 11 is 5.95. The second-order valence-corrected chi connectivity index (χ2v) is 9.03. The minimum atomic E-state index is -3.91. The number of sulfonamides is 1. The van der Waals surface area contributed by atoms with Gasteiger partial charge in [0, 0.05) is 29.9 Å². The third kappa shape index (κ3) is 4.99. The van der Waals surface area contributed by atoms with Crippen LogP contribution in [0.15, 0.2) is 77.7 Å². The zero-order valence-corrected chi connectivity index (χ0v) is 18.1. The van der Waals surface area contributed by atoms with E-state index in [1.54, 1.807) is 24.3 Å². The molecular formula is C22H21ClN2O4S. The maximum Gasteiger partial charge on any atom is 0.255 e. The molecule has 1 amide bonds. The van der Waals surface area contributed by atoms with E-state index < -0.39 is 15.9 Å². The number of benzene rings is 3. The van der Waals surface area contributed by atoms with Crippen LogP contribution in [-0.2, 0) is 16.6 Å². The summed E-state index contributed by atoms with van der Waals surface area (Å²) in [7, 11) is -1.04. The van der Waals surface area contributed by atoms with Gasteiger partial charge in [-0.05, 0) is 42.0 Å². The van der Waals surface area contributed by atoms with Crippen LogP contribution in [0.25, 0.3) is 0 Å². The van der Waals surface area contributed by atoms with Crippen LogP contribution in [0.4, 0.5) is 5.69 Å². The molecule has 30 heavy (non-hydrogen) atoms. The predicted octanol–water partition coefficient (Wildman–Crippen LogP) is 4.42. The molecule has 3 aromatic rings. The molecule has 1 N–H and O–H groups in total. The van der Waals surface area contributed by atoms with Gasteiger partial charge in [0.15, 0.2) is 0 Å². The van der Waals surface area contributed by atoms with Crippen molar-refractivity contribution in [3.63, 3.8) is 0 Å². The molecule has 0 aromatic heterocycles. The van der Waals surface area contributed by atoms with Crippen molar-refractivity contribution < 1.29 is 17.9 Å². The highest BCUT2D eigenvalue weighted by Gasteiger charge is 2.26. The molecule has 0 unspecified atom stereocenters. The van der Waals surface area contributed by atoms with Crippen LogP contribution >= 0.6 is 11.6 Å². The van der Waals surface area contributed by atoms with Gasteiger partial charge in [0.2, 0.25) is 10.0 Å². The molecule has 0 fully saturated rings. The van der Waals surface area contributed by atoms with Crippen molar-refractivity contribution in [2.75, 3.05) is 19.5 Å². The quantitative estimate of drug-likeness (QED) is 0.585. The van der Waals surface area contributed by atoms with E-state index in [1.807, 2.05) is 30.3 Å². The number of anilines is 1. The lowest BCUT2D eigenvalue weighted by molar-refractivity contribution is 0.102. The number of amides is 1. The van der Waals surface area contributed by atoms with Crippen LogP contribution in [0.5, 0.6) is 5.75 Å². The van der Waals surface area contributed by atoms with Gasteiger partial charge in [-0.2, -0.15) is 4.31 Å². The summed E-state index contributed by atoms with van der Waals surface area (Å²) in [5, 5.41) is 3.19. The van der Waals surface area contributed by atoms with Gasteiger partial charge >= 0.3 is 0 Å². The average Bonchev–Trinajstić information content (AvgIpc) is 2.74. The van der Waals surface area contributed by atoms with Crippen molar-refractivity contribution in [3.05, 3.63) is 88.9 Å². The molecular weight excluding hydrogens is 424 g/mol. The van der Waals surface area contributed by atoms with Crippen molar-refractivity contribution in [3.8, 4) is 5.75 Å². The fourth-order valence-electron chi connectivity index (χ4n) is 2.88. The topological polar surface area (TPSA) is 75.7 Å². The fourth-order valence-corrected chi connectivity index (χ4v) is 4.41. The molecule has 0 spiro atoms. The highest BCUT2D eigenvalue weighted by molar-refractivity contribution is 7.89. The number of nitrogens with zero attached hydrogens (tertiary/aromatic N) is 1.